The van der Waals surface area contributed by atoms with Crippen molar-refractivity contribution in [1.29, 1.82) is 0 Å². The molecule has 6 heteroatoms. The van der Waals surface area contributed by atoms with Crippen molar-refractivity contribution in [3.05, 3.63) is 58.6 Å². The molecule has 1 amide bonds. The molecule has 0 spiro atoms. The van der Waals surface area contributed by atoms with Crippen LogP contribution in [0.2, 0.25) is 5.02 Å². The molecule has 0 heterocycles. The number of carbonyl (C=O) groups excluding carboxylic acids is 1. The van der Waals surface area contributed by atoms with E-state index >= 15 is 0 Å². The molecule has 3 N–H and O–H groups in total. The first-order valence-electron chi connectivity index (χ1n) is 8.94. The molecule has 0 aromatic heterocycles. The number of hydrogen-bond donors (Lipinski definition) is 2. The van der Waals surface area contributed by atoms with Crippen molar-refractivity contribution in [2.75, 3.05) is 13.7 Å². The summed E-state index contributed by atoms with van der Waals surface area (Å²) in [7, 11) is 1.59. The maximum Gasteiger partial charge on any atom is 0.258 e. The molecule has 0 saturated heterocycles. The third-order valence-corrected chi connectivity index (χ3v) is 4.17. The molecular formula is C21H28ClN2O3+. The third-order valence-electron chi connectivity index (χ3n) is 3.80. The summed E-state index contributed by atoms with van der Waals surface area (Å²) in [5, 5.41) is 5.82. The third kappa shape index (κ3) is 7.12. The highest BCUT2D eigenvalue weighted by molar-refractivity contribution is 6.31. The molecule has 0 aliphatic heterocycles. The molecule has 0 saturated carbocycles. The van der Waals surface area contributed by atoms with Gasteiger partial charge in [0.1, 0.15) is 13.1 Å². The van der Waals surface area contributed by atoms with E-state index in [9.17, 15) is 4.79 Å². The summed E-state index contributed by atoms with van der Waals surface area (Å²) in [6.07, 6.45) is 0. The van der Waals surface area contributed by atoms with Gasteiger partial charge >= 0.3 is 0 Å². The van der Waals surface area contributed by atoms with E-state index in [1.54, 1.807) is 7.11 Å². The molecule has 2 aromatic carbocycles. The van der Waals surface area contributed by atoms with Gasteiger partial charge in [0.2, 0.25) is 0 Å². The van der Waals surface area contributed by atoms with Crippen molar-refractivity contribution in [3.8, 4) is 11.5 Å². The Kier molecular flexibility index (Phi) is 7.51. The fourth-order valence-electron chi connectivity index (χ4n) is 2.61. The Hall–Kier alpha value is -2.24. The number of hydrogen-bond acceptors (Lipinski definition) is 3. The smallest absolute Gasteiger partial charge is 0.258 e. The Morgan fingerprint density at radius 1 is 1.11 bits per heavy atom. The topological polar surface area (TPSA) is 64.2 Å². The van der Waals surface area contributed by atoms with Crippen LogP contribution >= 0.6 is 11.6 Å². The lowest BCUT2D eigenvalue weighted by Crippen LogP contribution is -2.80. The van der Waals surface area contributed by atoms with Gasteiger partial charge in [-0.1, -0.05) is 29.8 Å². The number of rotatable bonds is 8. The normalized spacial score (nSPS) is 11.1. The second-order valence-corrected chi connectivity index (χ2v) is 7.77. The zero-order chi connectivity index (χ0) is 19.9. The minimum atomic E-state index is -0.286. The Morgan fingerprint density at radius 3 is 2.52 bits per heavy atom. The highest BCUT2D eigenvalue weighted by Gasteiger charge is 2.15. The maximum atomic E-state index is 11.9. The highest BCUT2D eigenvalue weighted by Crippen LogP contribution is 2.27. The van der Waals surface area contributed by atoms with Crippen LogP contribution in [0.5, 0.6) is 11.5 Å². The Morgan fingerprint density at radius 2 is 1.85 bits per heavy atom. The maximum absolute atomic E-state index is 11.9. The number of nitrogens with one attached hydrogen (secondary N) is 1. The zero-order valence-corrected chi connectivity index (χ0v) is 17.1. The fourth-order valence-corrected chi connectivity index (χ4v) is 2.83. The van der Waals surface area contributed by atoms with Crippen molar-refractivity contribution in [1.82, 2.24) is 5.32 Å². The standard InChI is InChI=1S/C21H27ClN2O3/c1-21(2,3)24-20(25)14-27-18-10-9-15(11-19(18)26-4)12-23-13-16-7-5-6-8-17(16)22/h5-11,23H,12-14H2,1-4H3,(H,24,25)/p+1. The van der Waals surface area contributed by atoms with Gasteiger partial charge in [0.25, 0.3) is 5.91 Å². The van der Waals surface area contributed by atoms with Crippen LogP contribution in [0.4, 0.5) is 0 Å². The number of nitrogens with two attached hydrogens (primary N) is 1. The van der Waals surface area contributed by atoms with Crippen molar-refractivity contribution in [2.24, 2.45) is 0 Å². The van der Waals surface area contributed by atoms with E-state index in [4.69, 9.17) is 21.1 Å². The zero-order valence-electron chi connectivity index (χ0n) is 16.3. The molecule has 0 aliphatic rings. The average Bonchev–Trinajstić information content (AvgIpc) is 2.60. The molecule has 0 atom stereocenters. The molecule has 0 bridgehead atoms. The van der Waals surface area contributed by atoms with E-state index in [0.29, 0.717) is 11.5 Å². The van der Waals surface area contributed by atoms with E-state index in [1.165, 1.54) is 0 Å². The van der Waals surface area contributed by atoms with Crippen molar-refractivity contribution in [3.63, 3.8) is 0 Å². The van der Waals surface area contributed by atoms with Crippen molar-refractivity contribution < 1.29 is 19.6 Å². The van der Waals surface area contributed by atoms with Gasteiger partial charge in [0.05, 0.1) is 7.11 Å². The lowest BCUT2D eigenvalue weighted by Gasteiger charge is -2.20. The van der Waals surface area contributed by atoms with Crippen LogP contribution in [0.25, 0.3) is 0 Å². The molecule has 0 aliphatic carbocycles. The van der Waals surface area contributed by atoms with Gasteiger partial charge in [-0.3, -0.25) is 4.79 Å². The van der Waals surface area contributed by atoms with E-state index in [0.717, 1.165) is 29.2 Å². The summed E-state index contributed by atoms with van der Waals surface area (Å²) in [4.78, 5) is 11.9. The molecule has 2 aromatic rings. The summed E-state index contributed by atoms with van der Waals surface area (Å²) in [5.74, 6) is 1.00. The van der Waals surface area contributed by atoms with E-state index < -0.39 is 0 Å². The van der Waals surface area contributed by atoms with Gasteiger partial charge in [0.15, 0.2) is 18.1 Å². The van der Waals surface area contributed by atoms with Crippen molar-refractivity contribution in [2.45, 2.75) is 39.4 Å². The number of carbonyl (C=O) groups is 1. The van der Waals surface area contributed by atoms with E-state index in [2.05, 4.69) is 10.6 Å². The first kappa shape index (κ1) is 21.1. The van der Waals surface area contributed by atoms with Gasteiger partial charge in [-0.05, 0) is 45.0 Å². The lowest BCUT2D eigenvalue weighted by atomic mass is 10.1. The Balaban J connectivity index is 1.91. The number of amides is 1. The van der Waals surface area contributed by atoms with Crippen LogP contribution in [0.15, 0.2) is 42.5 Å². The quantitative estimate of drug-likeness (QED) is 0.727. The van der Waals surface area contributed by atoms with Crippen LogP contribution in [0.1, 0.15) is 31.9 Å². The average molecular weight is 392 g/mol. The number of benzene rings is 2. The monoisotopic (exact) mass is 391 g/mol. The summed E-state index contributed by atoms with van der Waals surface area (Å²) in [5.41, 5.74) is 1.92. The number of quaternary nitrogens is 1. The minimum absolute atomic E-state index is 0.0500. The minimum Gasteiger partial charge on any atom is -0.493 e. The first-order chi connectivity index (χ1) is 12.8. The van der Waals surface area contributed by atoms with Gasteiger partial charge in [-0.2, -0.15) is 0 Å². The lowest BCUT2D eigenvalue weighted by molar-refractivity contribution is -0.686. The van der Waals surface area contributed by atoms with Crippen LogP contribution in [-0.2, 0) is 17.9 Å². The van der Waals surface area contributed by atoms with Gasteiger partial charge in [-0.25, -0.2) is 0 Å². The molecule has 0 radical (unpaired) electrons. The van der Waals surface area contributed by atoms with Crippen LogP contribution < -0.4 is 20.1 Å². The molecule has 0 fully saturated rings. The summed E-state index contributed by atoms with van der Waals surface area (Å²) < 4.78 is 11.0. The summed E-state index contributed by atoms with van der Waals surface area (Å²) in [6, 6.07) is 13.6. The number of ether oxygens (including phenoxy) is 2. The molecule has 2 rings (SSSR count). The van der Waals surface area contributed by atoms with Crippen molar-refractivity contribution >= 4 is 17.5 Å². The molecular weight excluding hydrogens is 364 g/mol. The predicted molar refractivity (Wildman–Crippen MR) is 107 cm³/mol. The van der Waals surface area contributed by atoms with Crippen LogP contribution in [0.3, 0.4) is 0 Å². The summed E-state index contributed by atoms with van der Waals surface area (Å²) in [6.45, 7) is 7.32. The molecule has 146 valence electrons. The van der Waals surface area contributed by atoms with E-state index in [-0.39, 0.29) is 18.1 Å². The van der Waals surface area contributed by atoms with Gasteiger partial charge < -0.3 is 20.1 Å². The molecule has 27 heavy (non-hydrogen) atoms. The first-order valence-corrected chi connectivity index (χ1v) is 9.32. The predicted octanol–water partition coefficient (Wildman–Crippen LogP) is 2.91. The second-order valence-electron chi connectivity index (χ2n) is 7.36. The summed E-state index contributed by atoms with van der Waals surface area (Å²) >= 11 is 6.19. The van der Waals surface area contributed by atoms with Gasteiger partial charge in [-0.15, -0.1) is 0 Å². The Bertz CT molecular complexity index is 772. The SMILES string of the molecule is COc1cc(C[NH2+]Cc2ccccc2Cl)ccc1OCC(=O)NC(C)(C)C. The van der Waals surface area contributed by atoms with Crippen LogP contribution in [-0.4, -0.2) is 25.2 Å². The second kappa shape index (κ2) is 9.62. The number of methoxy groups -OCH3 is 1. The largest absolute Gasteiger partial charge is 0.493 e. The number of halogens is 1. The molecule has 0 unspecified atom stereocenters. The van der Waals surface area contributed by atoms with Crippen LogP contribution in [0, 0.1) is 0 Å². The highest BCUT2D eigenvalue weighted by atomic mass is 35.5. The van der Waals surface area contributed by atoms with Gasteiger partial charge in [0, 0.05) is 21.7 Å². The Labute approximate surface area is 166 Å². The molecule has 5 nitrogen and oxygen atoms in total. The van der Waals surface area contributed by atoms with E-state index in [1.807, 2.05) is 63.2 Å². The fraction of sp³-hybridized carbons (Fsp3) is 0.381.